The van der Waals surface area contributed by atoms with Crippen molar-refractivity contribution in [3.8, 4) is 11.3 Å². The third-order valence-electron chi connectivity index (χ3n) is 3.35. The van der Waals surface area contributed by atoms with E-state index in [4.69, 9.17) is 4.52 Å². The highest BCUT2D eigenvalue weighted by atomic mass is 32.2. The first kappa shape index (κ1) is 15.3. The quantitative estimate of drug-likeness (QED) is 0.734. The molecule has 0 fully saturated rings. The van der Waals surface area contributed by atoms with Crippen LogP contribution in [0.4, 0.5) is 5.69 Å². The SMILES string of the molecule is CSc1cccc(NC(=O)c2c(-c3cccnc3)noc2C)c1. The van der Waals surface area contributed by atoms with E-state index in [-0.39, 0.29) is 5.91 Å². The topological polar surface area (TPSA) is 68.0 Å². The summed E-state index contributed by atoms with van der Waals surface area (Å²) < 4.78 is 5.21. The zero-order valence-corrected chi connectivity index (χ0v) is 13.6. The van der Waals surface area contributed by atoms with Crippen LogP contribution in [0.2, 0.25) is 0 Å². The molecule has 0 aliphatic rings. The van der Waals surface area contributed by atoms with Crippen molar-refractivity contribution in [1.82, 2.24) is 10.1 Å². The van der Waals surface area contributed by atoms with E-state index in [9.17, 15) is 4.79 Å². The Morgan fingerprint density at radius 3 is 2.87 bits per heavy atom. The molecule has 0 unspecified atom stereocenters. The Kier molecular flexibility index (Phi) is 4.43. The highest BCUT2D eigenvalue weighted by molar-refractivity contribution is 7.98. The molecule has 3 aromatic rings. The summed E-state index contributed by atoms with van der Waals surface area (Å²) in [4.78, 5) is 17.8. The molecule has 0 atom stereocenters. The van der Waals surface area contributed by atoms with Crippen LogP contribution in [-0.4, -0.2) is 22.3 Å². The van der Waals surface area contributed by atoms with Crippen molar-refractivity contribution in [3.05, 3.63) is 60.1 Å². The second-order valence-electron chi connectivity index (χ2n) is 4.89. The molecule has 0 saturated heterocycles. The highest BCUT2D eigenvalue weighted by Gasteiger charge is 2.21. The fourth-order valence-corrected chi connectivity index (χ4v) is 2.69. The minimum atomic E-state index is -0.249. The zero-order valence-electron chi connectivity index (χ0n) is 12.7. The normalized spacial score (nSPS) is 10.5. The summed E-state index contributed by atoms with van der Waals surface area (Å²) in [6, 6.07) is 11.3. The predicted molar refractivity (Wildman–Crippen MR) is 90.6 cm³/mol. The number of amides is 1. The van der Waals surface area contributed by atoms with Gasteiger partial charge in [0.05, 0.1) is 0 Å². The van der Waals surface area contributed by atoms with E-state index < -0.39 is 0 Å². The van der Waals surface area contributed by atoms with E-state index in [1.165, 1.54) is 0 Å². The number of carbonyl (C=O) groups excluding carboxylic acids is 1. The Labute approximate surface area is 138 Å². The number of thioether (sulfide) groups is 1. The summed E-state index contributed by atoms with van der Waals surface area (Å²) in [6.07, 6.45) is 5.32. The molecule has 5 nitrogen and oxygen atoms in total. The van der Waals surface area contributed by atoms with Crippen LogP contribution in [0.1, 0.15) is 16.1 Å². The lowest BCUT2D eigenvalue weighted by Crippen LogP contribution is -2.13. The average molecular weight is 325 g/mol. The number of nitrogens with one attached hydrogen (secondary N) is 1. The number of rotatable bonds is 4. The Bertz CT molecular complexity index is 831. The van der Waals surface area contributed by atoms with Gasteiger partial charge in [-0.05, 0) is 43.5 Å². The van der Waals surface area contributed by atoms with Crippen LogP contribution in [0.15, 0.2) is 58.2 Å². The van der Waals surface area contributed by atoms with Gasteiger partial charge in [-0.2, -0.15) is 0 Å². The summed E-state index contributed by atoms with van der Waals surface area (Å²) in [6.45, 7) is 1.72. The van der Waals surface area contributed by atoms with Crippen molar-refractivity contribution in [2.45, 2.75) is 11.8 Å². The second kappa shape index (κ2) is 6.66. The lowest BCUT2D eigenvalue weighted by Gasteiger charge is -2.07. The van der Waals surface area contributed by atoms with E-state index in [0.717, 1.165) is 16.1 Å². The Morgan fingerprint density at radius 1 is 1.26 bits per heavy atom. The van der Waals surface area contributed by atoms with Crippen LogP contribution in [0, 0.1) is 6.92 Å². The van der Waals surface area contributed by atoms with Crippen LogP contribution >= 0.6 is 11.8 Å². The van der Waals surface area contributed by atoms with Gasteiger partial charge in [0.15, 0.2) is 0 Å². The number of hydrogen-bond acceptors (Lipinski definition) is 5. The summed E-state index contributed by atoms with van der Waals surface area (Å²) >= 11 is 1.62. The van der Waals surface area contributed by atoms with E-state index in [1.807, 2.05) is 36.6 Å². The monoisotopic (exact) mass is 325 g/mol. The zero-order chi connectivity index (χ0) is 16.2. The minimum Gasteiger partial charge on any atom is -0.360 e. The molecule has 2 heterocycles. The molecule has 0 radical (unpaired) electrons. The summed E-state index contributed by atoms with van der Waals surface area (Å²) in [5.74, 6) is 0.225. The molecule has 6 heteroatoms. The molecule has 1 amide bonds. The lowest BCUT2D eigenvalue weighted by molar-refractivity contribution is 0.102. The van der Waals surface area contributed by atoms with Gasteiger partial charge >= 0.3 is 0 Å². The Morgan fingerprint density at radius 2 is 2.13 bits per heavy atom. The first-order chi connectivity index (χ1) is 11.2. The number of pyridine rings is 1. The standard InChI is InChI=1S/C17H15N3O2S/c1-11-15(16(20-22-11)12-5-4-8-18-10-12)17(21)19-13-6-3-7-14(9-13)23-2/h3-10H,1-2H3,(H,19,21). The molecule has 1 N–H and O–H groups in total. The maximum absolute atomic E-state index is 12.7. The van der Waals surface area contributed by atoms with Crippen molar-refractivity contribution in [1.29, 1.82) is 0 Å². The van der Waals surface area contributed by atoms with Gasteiger partial charge in [-0.15, -0.1) is 11.8 Å². The molecule has 23 heavy (non-hydrogen) atoms. The summed E-state index contributed by atoms with van der Waals surface area (Å²) in [5, 5.41) is 6.90. The number of anilines is 1. The molecule has 3 rings (SSSR count). The molecule has 1 aromatic carbocycles. The van der Waals surface area contributed by atoms with E-state index in [1.54, 1.807) is 37.1 Å². The maximum Gasteiger partial charge on any atom is 0.261 e. The molecular weight excluding hydrogens is 310 g/mol. The Balaban J connectivity index is 1.92. The second-order valence-corrected chi connectivity index (χ2v) is 5.77. The average Bonchev–Trinajstić information content (AvgIpc) is 2.97. The van der Waals surface area contributed by atoms with Crippen LogP contribution in [0.5, 0.6) is 0 Å². The van der Waals surface area contributed by atoms with Crippen LogP contribution in [-0.2, 0) is 0 Å². The molecule has 0 aliphatic heterocycles. The number of aromatic nitrogens is 2. The maximum atomic E-state index is 12.7. The van der Waals surface area contributed by atoms with Gasteiger partial charge in [0, 0.05) is 28.5 Å². The number of aryl methyl sites for hydroxylation is 1. The van der Waals surface area contributed by atoms with Gasteiger partial charge in [-0.3, -0.25) is 9.78 Å². The van der Waals surface area contributed by atoms with Gasteiger partial charge in [0.25, 0.3) is 5.91 Å². The molecule has 116 valence electrons. The fraction of sp³-hybridized carbons (Fsp3) is 0.118. The van der Waals surface area contributed by atoms with Crippen LogP contribution in [0.3, 0.4) is 0 Å². The number of benzene rings is 1. The molecule has 0 spiro atoms. The number of hydrogen-bond donors (Lipinski definition) is 1. The summed E-state index contributed by atoms with van der Waals surface area (Å²) in [7, 11) is 0. The largest absolute Gasteiger partial charge is 0.360 e. The van der Waals surface area contributed by atoms with Crippen molar-refractivity contribution < 1.29 is 9.32 Å². The first-order valence-corrected chi connectivity index (χ1v) is 8.23. The molecule has 2 aromatic heterocycles. The Hall–Kier alpha value is -2.60. The molecule has 0 aliphatic carbocycles. The lowest BCUT2D eigenvalue weighted by atomic mass is 10.1. The minimum absolute atomic E-state index is 0.249. The molecule has 0 bridgehead atoms. The van der Waals surface area contributed by atoms with E-state index >= 15 is 0 Å². The number of carbonyl (C=O) groups is 1. The fourth-order valence-electron chi connectivity index (χ4n) is 2.23. The smallest absolute Gasteiger partial charge is 0.261 e. The first-order valence-electron chi connectivity index (χ1n) is 7.01. The van der Waals surface area contributed by atoms with Crippen molar-refractivity contribution in [2.24, 2.45) is 0 Å². The summed E-state index contributed by atoms with van der Waals surface area (Å²) in [5.41, 5.74) is 2.40. The highest BCUT2D eigenvalue weighted by Crippen LogP contribution is 2.26. The molecular formula is C17H15N3O2S. The van der Waals surface area contributed by atoms with Crippen molar-refractivity contribution in [2.75, 3.05) is 11.6 Å². The van der Waals surface area contributed by atoms with Gasteiger partial charge in [0.1, 0.15) is 17.0 Å². The molecule has 0 saturated carbocycles. The number of nitrogens with zero attached hydrogens (tertiary/aromatic N) is 2. The van der Waals surface area contributed by atoms with E-state index in [0.29, 0.717) is 17.0 Å². The van der Waals surface area contributed by atoms with Crippen LogP contribution in [0.25, 0.3) is 11.3 Å². The van der Waals surface area contributed by atoms with Crippen molar-refractivity contribution >= 4 is 23.4 Å². The predicted octanol–water partition coefficient (Wildman–Crippen LogP) is 4.02. The van der Waals surface area contributed by atoms with Gasteiger partial charge < -0.3 is 9.84 Å². The third-order valence-corrected chi connectivity index (χ3v) is 4.08. The van der Waals surface area contributed by atoms with Gasteiger partial charge in [0.2, 0.25) is 0 Å². The van der Waals surface area contributed by atoms with Crippen LogP contribution < -0.4 is 5.32 Å². The third kappa shape index (κ3) is 3.27. The van der Waals surface area contributed by atoms with Crippen molar-refractivity contribution in [3.63, 3.8) is 0 Å². The van der Waals surface area contributed by atoms with Gasteiger partial charge in [-0.1, -0.05) is 11.2 Å². The van der Waals surface area contributed by atoms with Gasteiger partial charge in [-0.25, -0.2) is 0 Å². The van der Waals surface area contributed by atoms with E-state index in [2.05, 4.69) is 15.5 Å².